The van der Waals surface area contributed by atoms with Crippen LogP contribution in [0.5, 0.6) is 0 Å². The lowest BCUT2D eigenvalue weighted by Crippen LogP contribution is -2.64. The van der Waals surface area contributed by atoms with E-state index in [9.17, 15) is 19.8 Å². The first-order valence-electron chi connectivity index (χ1n) is 14.5. The van der Waals surface area contributed by atoms with Gasteiger partial charge in [0.2, 0.25) is 0 Å². The highest BCUT2D eigenvalue weighted by Crippen LogP contribution is 2.85. The van der Waals surface area contributed by atoms with Crippen LogP contribution in [-0.2, 0) is 23.8 Å². The molecule has 7 fully saturated rings. The number of carbonyl (C=O) groups is 2. The Bertz CT molecular complexity index is 1170. The van der Waals surface area contributed by atoms with Crippen molar-refractivity contribution in [1.29, 1.82) is 0 Å². The predicted octanol–water partition coefficient (Wildman–Crippen LogP) is 3.01. The second-order valence-corrected chi connectivity index (χ2v) is 14.8. The van der Waals surface area contributed by atoms with E-state index in [2.05, 4.69) is 20.8 Å². The zero-order valence-corrected chi connectivity index (χ0v) is 22.7. The van der Waals surface area contributed by atoms with Gasteiger partial charge in [-0.2, -0.15) is 0 Å². The lowest BCUT2D eigenvalue weighted by atomic mass is 9.55. The van der Waals surface area contributed by atoms with Crippen molar-refractivity contribution in [2.75, 3.05) is 0 Å². The van der Waals surface area contributed by atoms with Crippen LogP contribution in [0.4, 0.5) is 0 Å². The Balaban J connectivity index is 1.38. The predicted molar refractivity (Wildman–Crippen MR) is 131 cm³/mol. The van der Waals surface area contributed by atoms with Crippen LogP contribution >= 0.6 is 0 Å². The third-order valence-electron chi connectivity index (χ3n) is 13.3. The number of ether oxygens (including phenoxy) is 3. The van der Waals surface area contributed by atoms with E-state index in [-0.39, 0.29) is 83.0 Å². The number of esters is 2. The highest BCUT2D eigenvalue weighted by atomic mass is 16.6. The van der Waals surface area contributed by atoms with Crippen molar-refractivity contribution in [1.82, 2.24) is 0 Å². The molecule has 8 aliphatic rings. The molecule has 16 atom stereocenters. The van der Waals surface area contributed by atoms with Crippen molar-refractivity contribution in [3.63, 3.8) is 0 Å². The molecule has 3 unspecified atom stereocenters. The Labute approximate surface area is 218 Å². The smallest absolute Gasteiger partial charge is 0.309 e. The van der Waals surface area contributed by atoms with Crippen LogP contribution in [0.15, 0.2) is 11.1 Å². The standard InChI is InChI=1S/C30H40O7/c1-11-14-7-8-28(5)22-19-18-16-10-27(4,34)9-15-12(2)25(32)35-21(15)17(16)13(3)20(18)30(22,24(14)36-26(11)33)29(6,37-28)23(19)31/h11-12,14-16,18-24,31,34H,7-10H2,1-6H3/t11-,12-,14-,15-,16-,18-,19+,20-,21-,22?,23?,24-,27-,28-,29+,30?/m0/s1. The van der Waals surface area contributed by atoms with Crippen molar-refractivity contribution >= 4 is 11.9 Å². The molecule has 3 heterocycles. The molecule has 3 aliphatic heterocycles. The van der Waals surface area contributed by atoms with Gasteiger partial charge in [-0.15, -0.1) is 0 Å². The molecule has 5 aliphatic carbocycles. The Hall–Kier alpha value is -1.44. The maximum Gasteiger partial charge on any atom is 0.309 e. The van der Waals surface area contributed by atoms with Crippen molar-refractivity contribution in [2.45, 2.75) is 102 Å². The summed E-state index contributed by atoms with van der Waals surface area (Å²) in [5.74, 6) is -0.421. The number of fused-ring (bicyclic) bond motifs is 7. The van der Waals surface area contributed by atoms with E-state index >= 15 is 0 Å². The summed E-state index contributed by atoms with van der Waals surface area (Å²) < 4.78 is 19.4. The second-order valence-electron chi connectivity index (χ2n) is 14.8. The molecule has 202 valence electrons. The first-order valence-corrected chi connectivity index (χ1v) is 14.5. The SMILES string of the molecule is CC1=C2[C@H]3OC(=O)[C@@H](C)[C@@H]3C[C@](C)(O)C[C@@H]2[C@H]2[C@@H]3C4C5([C@H]6OC(=O)[C@@H](C)[C@@H]6CC[C@]4(C)O[C@]5(C)C3O)[C@@H]12. The third-order valence-corrected chi connectivity index (χ3v) is 13.3. The fourth-order valence-electron chi connectivity index (χ4n) is 12.3. The van der Waals surface area contributed by atoms with Crippen molar-refractivity contribution < 1.29 is 34.0 Å². The number of hydrogen-bond donors (Lipinski definition) is 2. The molecule has 7 heteroatoms. The molecule has 7 nitrogen and oxygen atoms in total. The summed E-state index contributed by atoms with van der Waals surface area (Å²) in [5, 5.41) is 23.7. The number of aliphatic hydroxyl groups is 2. The van der Waals surface area contributed by atoms with E-state index in [4.69, 9.17) is 14.2 Å². The zero-order chi connectivity index (χ0) is 26.2. The molecule has 0 spiro atoms. The Morgan fingerprint density at radius 3 is 2.35 bits per heavy atom. The normalized spacial score (nSPS) is 64.5. The van der Waals surface area contributed by atoms with Gasteiger partial charge in [-0.05, 0) is 82.6 Å². The lowest BCUT2D eigenvalue weighted by molar-refractivity contribution is -0.251. The first kappa shape index (κ1) is 23.4. The lowest BCUT2D eigenvalue weighted by Gasteiger charge is -2.55. The fourth-order valence-corrected chi connectivity index (χ4v) is 12.3. The van der Waals surface area contributed by atoms with E-state index in [0.29, 0.717) is 12.8 Å². The fraction of sp³-hybridized carbons (Fsp3) is 0.867. The number of aliphatic hydroxyl groups excluding tert-OH is 1. The Morgan fingerprint density at radius 1 is 0.946 bits per heavy atom. The van der Waals surface area contributed by atoms with E-state index < -0.39 is 22.7 Å². The van der Waals surface area contributed by atoms with Gasteiger partial charge < -0.3 is 24.4 Å². The first-order chi connectivity index (χ1) is 17.3. The summed E-state index contributed by atoms with van der Waals surface area (Å²) in [4.78, 5) is 25.8. The minimum absolute atomic E-state index is 0.0126. The quantitative estimate of drug-likeness (QED) is 0.380. The molecule has 4 saturated carbocycles. The van der Waals surface area contributed by atoms with Crippen LogP contribution in [0.3, 0.4) is 0 Å². The van der Waals surface area contributed by atoms with Crippen molar-refractivity contribution in [3.8, 4) is 0 Å². The molecule has 8 rings (SSSR count). The maximum absolute atomic E-state index is 13.0. The largest absolute Gasteiger partial charge is 0.461 e. The second kappa shape index (κ2) is 6.47. The summed E-state index contributed by atoms with van der Waals surface area (Å²) in [6.45, 7) is 12.3. The molecule has 0 aromatic carbocycles. The van der Waals surface area contributed by atoms with E-state index in [1.807, 2.05) is 20.8 Å². The van der Waals surface area contributed by atoms with E-state index in [1.165, 1.54) is 11.1 Å². The van der Waals surface area contributed by atoms with Gasteiger partial charge in [-0.3, -0.25) is 9.59 Å². The van der Waals surface area contributed by atoms with Gasteiger partial charge in [0.1, 0.15) is 17.8 Å². The minimum Gasteiger partial charge on any atom is -0.461 e. The average molecular weight is 513 g/mol. The number of carbonyl (C=O) groups excluding carboxylic acids is 2. The summed E-state index contributed by atoms with van der Waals surface area (Å²) in [6, 6.07) is 0. The van der Waals surface area contributed by atoms with Gasteiger partial charge in [0.05, 0.1) is 34.6 Å². The van der Waals surface area contributed by atoms with E-state index in [1.54, 1.807) is 0 Å². The summed E-state index contributed by atoms with van der Waals surface area (Å²) in [6.07, 6.45) is 1.58. The topological polar surface area (TPSA) is 102 Å². The molecule has 5 bridgehead atoms. The molecule has 3 saturated heterocycles. The molecular weight excluding hydrogens is 472 g/mol. The van der Waals surface area contributed by atoms with Crippen molar-refractivity contribution in [2.24, 2.45) is 58.7 Å². The monoisotopic (exact) mass is 512 g/mol. The molecule has 2 N–H and O–H groups in total. The van der Waals surface area contributed by atoms with Crippen LogP contribution in [0.2, 0.25) is 0 Å². The van der Waals surface area contributed by atoms with Gasteiger partial charge in [-0.1, -0.05) is 19.4 Å². The van der Waals surface area contributed by atoms with Gasteiger partial charge in [0.25, 0.3) is 0 Å². The molecule has 37 heavy (non-hydrogen) atoms. The van der Waals surface area contributed by atoms with Crippen molar-refractivity contribution in [3.05, 3.63) is 11.1 Å². The third kappa shape index (κ3) is 2.25. The number of rotatable bonds is 0. The average Bonchev–Trinajstić information content (AvgIpc) is 3.50. The number of allylic oxidation sites excluding steroid dienone is 1. The van der Waals surface area contributed by atoms with Crippen LogP contribution < -0.4 is 0 Å². The van der Waals surface area contributed by atoms with Gasteiger partial charge >= 0.3 is 11.9 Å². The highest BCUT2D eigenvalue weighted by molar-refractivity contribution is 5.76. The molecule has 0 amide bonds. The van der Waals surface area contributed by atoms with Crippen LogP contribution in [-0.4, -0.2) is 57.3 Å². The highest BCUT2D eigenvalue weighted by Gasteiger charge is 2.91. The minimum atomic E-state index is -0.927. The summed E-state index contributed by atoms with van der Waals surface area (Å²) in [7, 11) is 0. The number of hydrogen-bond acceptors (Lipinski definition) is 7. The summed E-state index contributed by atoms with van der Waals surface area (Å²) in [5.41, 5.74) is -0.251. The molecular formula is C30H40O7. The van der Waals surface area contributed by atoms with Crippen LogP contribution in [0, 0.1) is 58.7 Å². The molecule has 0 aromatic heterocycles. The molecule has 0 radical (unpaired) electrons. The zero-order valence-electron chi connectivity index (χ0n) is 22.7. The summed E-state index contributed by atoms with van der Waals surface area (Å²) >= 11 is 0. The van der Waals surface area contributed by atoms with Gasteiger partial charge in [-0.25, -0.2) is 0 Å². The van der Waals surface area contributed by atoms with Gasteiger partial charge in [0, 0.05) is 17.8 Å². The maximum atomic E-state index is 13.0. The molecule has 0 aromatic rings. The van der Waals surface area contributed by atoms with Crippen LogP contribution in [0.25, 0.3) is 0 Å². The van der Waals surface area contributed by atoms with Crippen LogP contribution in [0.1, 0.15) is 67.2 Å². The van der Waals surface area contributed by atoms with Gasteiger partial charge in [0.15, 0.2) is 0 Å². The van der Waals surface area contributed by atoms with E-state index in [0.717, 1.165) is 12.8 Å². The Morgan fingerprint density at radius 2 is 1.62 bits per heavy atom. The Kier molecular flexibility index (Phi) is 4.10.